The molecule has 3 N–H and O–H groups in total. The van der Waals surface area contributed by atoms with Crippen LogP contribution in [-0.2, 0) is 0 Å². The molecule has 1 aliphatic heterocycles. The SMILES string of the molecule is C=CCOc1ccc(C2c3c(-c4cc(C)cc(C)c4O)n[nH]c3C(=O)N2CCO)cc1OC. The number of H-pyrrole nitrogens is 1. The van der Waals surface area contributed by atoms with E-state index in [2.05, 4.69) is 16.8 Å². The van der Waals surface area contributed by atoms with Crippen molar-refractivity contribution in [2.75, 3.05) is 26.9 Å². The average molecular weight is 450 g/mol. The number of aliphatic hydroxyl groups is 1. The fourth-order valence-electron chi connectivity index (χ4n) is 4.35. The first-order chi connectivity index (χ1) is 15.9. The first kappa shape index (κ1) is 22.4. The molecule has 0 saturated heterocycles. The standard InChI is InChI=1S/C25H27N3O5/c1-5-10-33-18-7-6-16(13-19(18)32-4)23-20-21(17-12-14(2)11-15(3)24(17)30)26-27-22(20)25(31)28(23)8-9-29/h5-7,11-13,23,29-30H,1,8-10H2,2-4H3,(H,26,27). The summed E-state index contributed by atoms with van der Waals surface area (Å²) in [6, 6.07) is 8.66. The van der Waals surface area contributed by atoms with Crippen LogP contribution in [-0.4, -0.2) is 58.1 Å². The molecule has 4 rings (SSSR count). The Balaban J connectivity index is 1.89. The molecule has 1 unspecified atom stereocenters. The number of amides is 1. The number of nitrogens with zero attached hydrogens (tertiary/aromatic N) is 2. The molecule has 3 aromatic rings. The van der Waals surface area contributed by atoms with Crippen molar-refractivity contribution in [2.45, 2.75) is 19.9 Å². The second-order valence-corrected chi connectivity index (χ2v) is 7.97. The Morgan fingerprint density at radius 2 is 2.03 bits per heavy atom. The monoisotopic (exact) mass is 449 g/mol. The number of aromatic hydroxyl groups is 1. The van der Waals surface area contributed by atoms with Gasteiger partial charge in [-0.2, -0.15) is 5.10 Å². The molecule has 8 nitrogen and oxygen atoms in total. The van der Waals surface area contributed by atoms with Crippen molar-refractivity contribution >= 4 is 5.91 Å². The molecule has 0 fully saturated rings. The highest BCUT2D eigenvalue weighted by Crippen LogP contribution is 2.46. The third-order valence-corrected chi connectivity index (χ3v) is 5.76. The van der Waals surface area contributed by atoms with Crippen LogP contribution in [0.1, 0.15) is 38.8 Å². The van der Waals surface area contributed by atoms with Crippen molar-refractivity contribution in [3.8, 4) is 28.5 Å². The van der Waals surface area contributed by atoms with Crippen LogP contribution in [0, 0.1) is 13.8 Å². The van der Waals surface area contributed by atoms with Crippen molar-refractivity contribution in [3.05, 3.63) is 70.9 Å². The van der Waals surface area contributed by atoms with Gasteiger partial charge >= 0.3 is 0 Å². The molecule has 0 saturated carbocycles. The van der Waals surface area contributed by atoms with Crippen molar-refractivity contribution in [1.82, 2.24) is 15.1 Å². The molecule has 0 spiro atoms. The number of methoxy groups -OCH3 is 1. The Labute approximate surface area is 192 Å². The summed E-state index contributed by atoms with van der Waals surface area (Å²) < 4.78 is 11.2. The molecule has 1 aromatic heterocycles. The average Bonchev–Trinajstić information content (AvgIpc) is 3.34. The predicted octanol–water partition coefficient (Wildman–Crippen LogP) is 3.51. The van der Waals surface area contributed by atoms with Crippen molar-refractivity contribution in [1.29, 1.82) is 0 Å². The summed E-state index contributed by atoms with van der Waals surface area (Å²) in [6.07, 6.45) is 1.65. The van der Waals surface area contributed by atoms with Gasteiger partial charge in [0.1, 0.15) is 23.7 Å². The molecular weight excluding hydrogens is 422 g/mol. The van der Waals surface area contributed by atoms with E-state index in [1.165, 1.54) is 0 Å². The number of carbonyl (C=O) groups is 1. The van der Waals surface area contributed by atoms with Crippen molar-refractivity contribution < 1.29 is 24.5 Å². The second-order valence-electron chi connectivity index (χ2n) is 7.97. The summed E-state index contributed by atoms with van der Waals surface area (Å²) >= 11 is 0. The number of hydrogen-bond acceptors (Lipinski definition) is 6. The van der Waals surface area contributed by atoms with Gasteiger partial charge < -0.3 is 24.6 Å². The number of aryl methyl sites for hydroxylation is 2. The fourth-order valence-corrected chi connectivity index (χ4v) is 4.35. The van der Waals surface area contributed by atoms with Gasteiger partial charge in [0.15, 0.2) is 11.5 Å². The predicted molar refractivity (Wildman–Crippen MR) is 124 cm³/mol. The van der Waals surface area contributed by atoms with Gasteiger partial charge in [-0.25, -0.2) is 0 Å². The van der Waals surface area contributed by atoms with Crippen LogP contribution in [0.25, 0.3) is 11.3 Å². The van der Waals surface area contributed by atoms with Crippen LogP contribution in [0.4, 0.5) is 0 Å². The third kappa shape index (κ3) is 3.82. The summed E-state index contributed by atoms with van der Waals surface area (Å²) in [4.78, 5) is 14.8. The molecule has 0 radical (unpaired) electrons. The Hall–Kier alpha value is -3.78. The minimum atomic E-state index is -0.532. The zero-order chi connectivity index (χ0) is 23.7. The van der Waals surface area contributed by atoms with Gasteiger partial charge in [0, 0.05) is 17.7 Å². The number of rotatable bonds is 8. The van der Waals surface area contributed by atoms with Gasteiger partial charge in [-0.05, 0) is 48.7 Å². The normalized spacial score (nSPS) is 15.0. The van der Waals surface area contributed by atoms with E-state index in [-0.39, 0.29) is 24.8 Å². The zero-order valence-electron chi connectivity index (χ0n) is 18.9. The number of carbonyl (C=O) groups excluding carboxylic acids is 1. The number of β-amino-alcohol motifs (C(OH)–C–C–N with tert-alkyl or cyclic N) is 1. The summed E-state index contributed by atoms with van der Waals surface area (Å²) in [5.74, 6) is 0.919. The van der Waals surface area contributed by atoms with E-state index in [4.69, 9.17) is 9.47 Å². The second kappa shape index (κ2) is 8.99. The number of nitrogens with one attached hydrogen (secondary N) is 1. The van der Waals surface area contributed by atoms with E-state index in [0.717, 1.165) is 16.7 Å². The maximum absolute atomic E-state index is 13.2. The molecule has 0 aliphatic carbocycles. The Kier molecular flexibility index (Phi) is 6.11. The number of aromatic amines is 1. The summed E-state index contributed by atoms with van der Waals surface area (Å²) in [6.45, 7) is 7.71. The van der Waals surface area contributed by atoms with Gasteiger partial charge in [0.05, 0.1) is 19.8 Å². The van der Waals surface area contributed by atoms with E-state index in [1.54, 1.807) is 24.2 Å². The van der Waals surface area contributed by atoms with Gasteiger partial charge in [-0.1, -0.05) is 24.8 Å². The molecular formula is C25H27N3O5. The summed E-state index contributed by atoms with van der Waals surface area (Å²) in [5.41, 5.74) is 4.50. The minimum Gasteiger partial charge on any atom is -0.507 e. The van der Waals surface area contributed by atoms with E-state index in [0.29, 0.717) is 40.6 Å². The Morgan fingerprint density at radius 3 is 2.73 bits per heavy atom. The molecule has 0 bridgehead atoms. The molecule has 172 valence electrons. The molecule has 2 aromatic carbocycles. The number of hydrogen-bond donors (Lipinski definition) is 3. The minimum absolute atomic E-state index is 0.118. The number of fused-ring (bicyclic) bond motifs is 1. The highest BCUT2D eigenvalue weighted by atomic mass is 16.5. The number of ether oxygens (including phenoxy) is 2. The number of phenolic OH excluding ortho intramolecular Hbond substituents is 1. The smallest absolute Gasteiger partial charge is 0.273 e. The third-order valence-electron chi connectivity index (χ3n) is 5.76. The lowest BCUT2D eigenvalue weighted by atomic mass is 9.94. The lowest BCUT2D eigenvalue weighted by Crippen LogP contribution is -2.32. The molecule has 1 aliphatic rings. The maximum atomic E-state index is 13.2. The number of phenols is 1. The van der Waals surface area contributed by atoms with E-state index >= 15 is 0 Å². The van der Waals surface area contributed by atoms with E-state index in [1.807, 2.05) is 38.1 Å². The first-order valence-corrected chi connectivity index (χ1v) is 10.6. The Bertz CT molecular complexity index is 1220. The number of aromatic nitrogens is 2. The molecule has 1 amide bonds. The molecule has 1 atom stereocenters. The summed E-state index contributed by atoms with van der Waals surface area (Å²) in [5, 5.41) is 27.7. The quantitative estimate of drug-likeness (QED) is 0.454. The van der Waals surface area contributed by atoms with Crippen molar-refractivity contribution in [2.24, 2.45) is 0 Å². The largest absolute Gasteiger partial charge is 0.507 e. The van der Waals surface area contributed by atoms with Crippen LogP contribution in [0.5, 0.6) is 17.2 Å². The van der Waals surface area contributed by atoms with Gasteiger partial charge in [0.2, 0.25) is 0 Å². The summed E-state index contributed by atoms with van der Waals surface area (Å²) in [7, 11) is 1.55. The lowest BCUT2D eigenvalue weighted by molar-refractivity contribution is 0.0706. The maximum Gasteiger partial charge on any atom is 0.273 e. The molecule has 33 heavy (non-hydrogen) atoms. The topological polar surface area (TPSA) is 108 Å². The number of aliphatic hydroxyl groups excluding tert-OH is 1. The van der Waals surface area contributed by atoms with Gasteiger partial charge in [-0.3, -0.25) is 9.89 Å². The van der Waals surface area contributed by atoms with Crippen LogP contribution in [0.15, 0.2) is 43.0 Å². The van der Waals surface area contributed by atoms with Gasteiger partial charge in [0.25, 0.3) is 5.91 Å². The lowest BCUT2D eigenvalue weighted by Gasteiger charge is -2.26. The molecule has 2 heterocycles. The first-order valence-electron chi connectivity index (χ1n) is 10.6. The van der Waals surface area contributed by atoms with Crippen molar-refractivity contribution in [3.63, 3.8) is 0 Å². The van der Waals surface area contributed by atoms with Crippen LogP contribution < -0.4 is 9.47 Å². The fraction of sp³-hybridized carbons (Fsp3) is 0.280. The highest BCUT2D eigenvalue weighted by Gasteiger charge is 2.42. The highest BCUT2D eigenvalue weighted by molar-refractivity contribution is 6.00. The van der Waals surface area contributed by atoms with E-state index < -0.39 is 6.04 Å². The number of benzene rings is 2. The van der Waals surface area contributed by atoms with Gasteiger partial charge in [-0.15, -0.1) is 0 Å². The Morgan fingerprint density at radius 1 is 1.24 bits per heavy atom. The van der Waals surface area contributed by atoms with Crippen LogP contribution in [0.3, 0.4) is 0 Å². The van der Waals surface area contributed by atoms with Crippen LogP contribution in [0.2, 0.25) is 0 Å². The zero-order valence-corrected chi connectivity index (χ0v) is 18.9. The van der Waals surface area contributed by atoms with Crippen LogP contribution >= 0.6 is 0 Å². The molecule has 8 heteroatoms. The van der Waals surface area contributed by atoms with E-state index in [9.17, 15) is 15.0 Å².